The molecule has 0 saturated heterocycles. The van der Waals surface area contributed by atoms with Crippen LogP contribution in [0, 0.1) is 0 Å². The van der Waals surface area contributed by atoms with Crippen molar-refractivity contribution in [3.63, 3.8) is 0 Å². The molecule has 1 heterocycles. The van der Waals surface area contributed by atoms with Gasteiger partial charge in [0.25, 0.3) is 5.56 Å². The maximum Gasteiger partial charge on any atom is 0.253 e. The Bertz CT molecular complexity index is 832. The SMILES string of the molecule is CNS(=O)(=O)c1ccc(Sc2nc(N)cc(=O)[nH]2)c(N)c1. The Morgan fingerprint density at radius 3 is 2.57 bits per heavy atom. The summed E-state index contributed by atoms with van der Waals surface area (Å²) in [5.74, 6) is 0.0919. The molecule has 8 nitrogen and oxygen atoms in total. The van der Waals surface area contributed by atoms with Crippen LogP contribution in [0.15, 0.2) is 44.0 Å². The van der Waals surface area contributed by atoms with E-state index in [9.17, 15) is 13.2 Å². The third-order valence-electron chi connectivity index (χ3n) is 2.51. The fourth-order valence-electron chi connectivity index (χ4n) is 1.51. The van der Waals surface area contributed by atoms with Gasteiger partial charge in [0.1, 0.15) is 5.82 Å². The van der Waals surface area contributed by atoms with Crippen molar-refractivity contribution in [2.75, 3.05) is 18.5 Å². The Labute approximate surface area is 125 Å². The first-order valence-corrected chi connectivity index (χ1v) is 7.99. The monoisotopic (exact) mass is 327 g/mol. The molecule has 0 amide bonds. The van der Waals surface area contributed by atoms with E-state index in [1.54, 1.807) is 0 Å². The highest BCUT2D eigenvalue weighted by atomic mass is 32.2. The second kappa shape index (κ2) is 5.76. The summed E-state index contributed by atoms with van der Waals surface area (Å²) < 4.78 is 25.5. The second-order valence-electron chi connectivity index (χ2n) is 3.98. The number of nitrogens with zero attached hydrogens (tertiary/aromatic N) is 1. The third-order valence-corrected chi connectivity index (χ3v) is 4.90. The van der Waals surface area contributed by atoms with Crippen molar-refractivity contribution in [1.82, 2.24) is 14.7 Å². The van der Waals surface area contributed by atoms with Crippen LogP contribution in [-0.2, 0) is 10.0 Å². The number of benzene rings is 1. The fraction of sp³-hybridized carbons (Fsp3) is 0.0909. The molecule has 0 aliphatic rings. The van der Waals surface area contributed by atoms with E-state index >= 15 is 0 Å². The van der Waals surface area contributed by atoms with Crippen molar-refractivity contribution in [2.45, 2.75) is 14.9 Å². The van der Waals surface area contributed by atoms with Crippen LogP contribution in [0.2, 0.25) is 0 Å². The lowest BCUT2D eigenvalue weighted by atomic mass is 10.3. The minimum atomic E-state index is -3.56. The van der Waals surface area contributed by atoms with Crippen molar-refractivity contribution in [3.05, 3.63) is 34.6 Å². The summed E-state index contributed by atoms with van der Waals surface area (Å²) in [6, 6.07) is 5.44. The van der Waals surface area contributed by atoms with Gasteiger partial charge in [-0.15, -0.1) is 0 Å². The Balaban J connectivity index is 2.36. The summed E-state index contributed by atoms with van der Waals surface area (Å²) >= 11 is 1.08. The molecule has 0 aliphatic carbocycles. The molecule has 0 unspecified atom stereocenters. The maximum atomic E-state index is 11.7. The van der Waals surface area contributed by atoms with E-state index in [4.69, 9.17) is 11.5 Å². The first-order valence-electron chi connectivity index (χ1n) is 5.69. The minimum absolute atomic E-state index is 0.0564. The van der Waals surface area contributed by atoms with Crippen LogP contribution in [0.5, 0.6) is 0 Å². The zero-order valence-electron chi connectivity index (χ0n) is 11.0. The smallest absolute Gasteiger partial charge is 0.253 e. The second-order valence-corrected chi connectivity index (χ2v) is 6.90. The number of H-pyrrole nitrogens is 1. The molecule has 1 aromatic carbocycles. The lowest BCUT2D eigenvalue weighted by Crippen LogP contribution is -2.18. The Morgan fingerprint density at radius 2 is 2.00 bits per heavy atom. The maximum absolute atomic E-state index is 11.7. The van der Waals surface area contributed by atoms with Crippen molar-refractivity contribution in [1.29, 1.82) is 0 Å². The highest BCUT2D eigenvalue weighted by Crippen LogP contribution is 2.31. The van der Waals surface area contributed by atoms with Crippen molar-refractivity contribution < 1.29 is 8.42 Å². The van der Waals surface area contributed by atoms with E-state index in [1.807, 2.05) is 0 Å². The minimum Gasteiger partial charge on any atom is -0.398 e. The van der Waals surface area contributed by atoms with E-state index in [-0.39, 0.29) is 27.1 Å². The molecule has 6 N–H and O–H groups in total. The van der Waals surface area contributed by atoms with Gasteiger partial charge in [0, 0.05) is 16.6 Å². The van der Waals surface area contributed by atoms with Crippen LogP contribution >= 0.6 is 11.8 Å². The third kappa shape index (κ3) is 3.54. The molecule has 2 aromatic rings. The molecule has 21 heavy (non-hydrogen) atoms. The van der Waals surface area contributed by atoms with Crippen LogP contribution in [0.4, 0.5) is 11.5 Å². The number of nitrogens with two attached hydrogens (primary N) is 2. The van der Waals surface area contributed by atoms with Crippen LogP contribution in [0.3, 0.4) is 0 Å². The molecule has 0 bridgehead atoms. The summed E-state index contributed by atoms with van der Waals surface area (Å²) in [5.41, 5.74) is 11.2. The molecule has 1 aromatic heterocycles. The van der Waals surface area contributed by atoms with Crippen LogP contribution in [-0.4, -0.2) is 25.4 Å². The van der Waals surface area contributed by atoms with Crippen molar-refractivity contribution in [2.24, 2.45) is 0 Å². The predicted octanol–water partition coefficient (Wildman–Crippen LogP) is -0.00640. The standard InChI is InChI=1S/C11H13N5O3S2/c1-14-21(18,19)6-2-3-8(7(12)4-6)20-11-15-9(13)5-10(17)16-11/h2-5,14H,12H2,1H3,(H3,13,15,16,17). The average Bonchev–Trinajstić information content (AvgIpc) is 2.40. The molecular weight excluding hydrogens is 314 g/mol. The van der Waals surface area contributed by atoms with Crippen molar-refractivity contribution in [3.8, 4) is 0 Å². The largest absolute Gasteiger partial charge is 0.398 e. The van der Waals surface area contributed by atoms with Gasteiger partial charge < -0.3 is 16.5 Å². The number of aromatic nitrogens is 2. The number of sulfonamides is 1. The highest BCUT2D eigenvalue weighted by molar-refractivity contribution is 7.99. The molecule has 0 aliphatic heterocycles. The van der Waals surface area contributed by atoms with Crippen LogP contribution < -0.4 is 21.7 Å². The van der Waals surface area contributed by atoms with E-state index in [1.165, 1.54) is 25.2 Å². The van der Waals surface area contributed by atoms with E-state index in [0.717, 1.165) is 17.8 Å². The van der Waals surface area contributed by atoms with Gasteiger partial charge in [0.2, 0.25) is 10.0 Å². The molecule has 0 atom stereocenters. The van der Waals surface area contributed by atoms with Gasteiger partial charge in [-0.05, 0) is 37.0 Å². The van der Waals surface area contributed by atoms with Gasteiger partial charge in [-0.1, -0.05) is 0 Å². The van der Waals surface area contributed by atoms with Gasteiger partial charge >= 0.3 is 0 Å². The zero-order valence-corrected chi connectivity index (χ0v) is 12.6. The first kappa shape index (κ1) is 15.4. The van der Waals surface area contributed by atoms with Gasteiger partial charge in [-0.25, -0.2) is 18.1 Å². The number of rotatable bonds is 4. The van der Waals surface area contributed by atoms with E-state index in [2.05, 4.69) is 14.7 Å². The Hall–Kier alpha value is -2.04. The number of nitrogen functional groups attached to an aromatic ring is 2. The van der Waals surface area contributed by atoms with E-state index < -0.39 is 10.0 Å². The molecule has 0 fully saturated rings. The topological polar surface area (TPSA) is 144 Å². The van der Waals surface area contributed by atoms with Crippen LogP contribution in [0.1, 0.15) is 0 Å². The summed E-state index contributed by atoms with van der Waals surface area (Å²) in [5, 5.41) is 0.274. The summed E-state index contributed by atoms with van der Waals surface area (Å²) in [6.07, 6.45) is 0. The number of nitrogens with one attached hydrogen (secondary N) is 2. The Kier molecular flexibility index (Phi) is 4.21. The summed E-state index contributed by atoms with van der Waals surface area (Å²) in [7, 11) is -2.24. The van der Waals surface area contributed by atoms with E-state index in [0.29, 0.717) is 4.90 Å². The normalized spacial score (nSPS) is 11.5. The van der Waals surface area contributed by atoms with Gasteiger partial charge in [-0.2, -0.15) is 0 Å². The first-order chi connectivity index (χ1) is 9.81. The number of hydrogen-bond acceptors (Lipinski definition) is 7. The number of aromatic amines is 1. The molecule has 112 valence electrons. The lowest BCUT2D eigenvalue weighted by molar-refractivity contribution is 0.588. The summed E-state index contributed by atoms with van der Waals surface area (Å²) in [6.45, 7) is 0. The van der Waals surface area contributed by atoms with Gasteiger partial charge in [0.05, 0.1) is 4.90 Å². The number of hydrogen-bond donors (Lipinski definition) is 4. The fourth-order valence-corrected chi connectivity index (χ4v) is 3.10. The van der Waals surface area contributed by atoms with Gasteiger partial charge in [-0.3, -0.25) is 4.79 Å². The summed E-state index contributed by atoms with van der Waals surface area (Å²) in [4.78, 5) is 18.4. The molecule has 0 radical (unpaired) electrons. The van der Waals surface area contributed by atoms with Crippen molar-refractivity contribution >= 4 is 33.3 Å². The van der Waals surface area contributed by atoms with Crippen LogP contribution in [0.25, 0.3) is 0 Å². The lowest BCUT2D eigenvalue weighted by Gasteiger charge is -2.08. The quantitative estimate of drug-likeness (QED) is 0.457. The average molecular weight is 327 g/mol. The zero-order chi connectivity index (χ0) is 15.6. The molecule has 0 saturated carbocycles. The number of anilines is 2. The molecule has 2 rings (SSSR count). The molecular formula is C11H13N5O3S2. The van der Waals surface area contributed by atoms with Gasteiger partial charge in [0.15, 0.2) is 5.16 Å². The Morgan fingerprint density at radius 1 is 1.29 bits per heavy atom. The predicted molar refractivity (Wildman–Crippen MR) is 80.5 cm³/mol. The highest BCUT2D eigenvalue weighted by Gasteiger charge is 2.14. The molecule has 0 spiro atoms. The molecule has 10 heteroatoms.